The van der Waals surface area contributed by atoms with Gasteiger partial charge in [-0.25, -0.2) is 0 Å². The Hall–Kier alpha value is -1.10. The SMILES string of the molecule is CCC(CC)C(=O)N1CCN(C(C(=O)NCCC(C)C)C2CCCC2)CC1. The molecule has 1 aliphatic heterocycles. The number of hydrogen-bond acceptors (Lipinski definition) is 3. The van der Waals surface area contributed by atoms with E-state index in [4.69, 9.17) is 0 Å². The Morgan fingerprint density at radius 2 is 1.59 bits per heavy atom. The summed E-state index contributed by atoms with van der Waals surface area (Å²) in [5.41, 5.74) is 0. The maximum absolute atomic E-state index is 13.0. The molecule has 1 saturated carbocycles. The monoisotopic (exact) mass is 379 g/mol. The minimum absolute atomic E-state index is 0.00920. The van der Waals surface area contributed by atoms with Gasteiger partial charge in [0.25, 0.3) is 0 Å². The number of amides is 2. The lowest BCUT2D eigenvalue weighted by molar-refractivity contribution is -0.139. The number of nitrogens with zero attached hydrogens (tertiary/aromatic N) is 2. The molecule has 1 atom stereocenters. The molecule has 5 nitrogen and oxygen atoms in total. The zero-order valence-electron chi connectivity index (χ0n) is 18.0. The molecule has 0 aromatic rings. The molecule has 1 aliphatic carbocycles. The molecule has 1 N–H and O–H groups in total. The Morgan fingerprint density at radius 1 is 1.00 bits per heavy atom. The van der Waals surface area contributed by atoms with E-state index in [1.54, 1.807) is 0 Å². The van der Waals surface area contributed by atoms with Gasteiger partial charge in [-0.2, -0.15) is 0 Å². The van der Waals surface area contributed by atoms with Gasteiger partial charge in [0.15, 0.2) is 0 Å². The predicted molar refractivity (Wildman–Crippen MR) is 110 cm³/mol. The van der Waals surface area contributed by atoms with Crippen molar-refractivity contribution in [1.29, 1.82) is 0 Å². The van der Waals surface area contributed by atoms with E-state index in [1.165, 1.54) is 12.8 Å². The van der Waals surface area contributed by atoms with E-state index in [-0.39, 0.29) is 17.9 Å². The van der Waals surface area contributed by atoms with Crippen molar-refractivity contribution in [3.8, 4) is 0 Å². The summed E-state index contributed by atoms with van der Waals surface area (Å²) in [5, 5.41) is 3.20. The predicted octanol–water partition coefficient (Wildman–Crippen LogP) is 3.29. The summed E-state index contributed by atoms with van der Waals surface area (Å²) in [5.74, 6) is 1.75. The van der Waals surface area contributed by atoms with E-state index in [1.807, 2.05) is 4.90 Å². The summed E-state index contributed by atoms with van der Waals surface area (Å²) in [6.45, 7) is 12.5. The fourth-order valence-corrected chi connectivity index (χ4v) is 4.66. The first-order valence-electron chi connectivity index (χ1n) is 11.3. The van der Waals surface area contributed by atoms with Crippen molar-refractivity contribution in [3.63, 3.8) is 0 Å². The van der Waals surface area contributed by atoms with Crippen LogP contribution in [0.4, 0.5) is 0 Å². The molecule has 156 valence electrons. The van der Waals surface area contributed by atoms with Gasteiger partial charge in [0.1, 0.15) is 0 Å². The van der Waals surface area contributed by atoms with Gasteiger partial charge in [-0.3, -0.25) is 14.5 Å². The third kappa shape index (κ3) is 6.20. The Labute approximate surface area is 166 Å². The molecule has 1 heterocycles. The molecular weight excluding hydrogens is 338 g/mol. The normalized spacial score (nSPS) is 20.4. The largest absolute Gasteiger partial charge is 0.355 e. The highest BCUT2D eigenvalue weighted by atomic mass is 16.2. The van der Waals surface area contributed by atoms with Crippen LogP contribution < -0.4 is 5.32 Å². The average molecular weight is 380 g/mol. The molecule has 0 radical (unpaired) electrons. The lowest BCUT2D eigenvalue weighted by Gasteiger charge is -2.41. The van der Waals surface area contributed by atoms with Crippen LogP contribution >= 0.6 is 0 Å². The first kappa shape index (κ1) is 22.2. The highest BCUT2D eigenvalue weighted by Gasteiger charge is 2.37. The molecular formula is C22H41N3O2. The van der Waals surface area contributed by atoms with E-state index < -0.39 is 0 Å². The average Bonchev–Trinajstić information content (AvgIpc) is 3.17. The zero-order chi connectivity index (χ0) is 19.8. The van der Waals surface area contributed by atoms with Crippen LogP contribution in [0.3, 0.4) is 0 Å². The Balaban J connectivity index is 1.94. The first-order valence-corrected chi connectivity index (χ1v) is 11.3. The minimum atomic E-state index is -0.00920. The second-order valence-electron chi connectivity index (χ2n) is 8.84. The molecule has 2 rings (SSSR count). The molecule has 27 heavy (non-hydrogen) atoms. The maximum Gasteiger partial charge on any atom is 0.237 e. The quantitative estimate of drug-likeness (QED) is 0.669. The molecule has 0 aromatic heterocycles. The van der Waals surface area contributed by atoms with E-state index in [0.29, 0.717) is 17.7 Å². The minimum Gasteiger partial charge on any atom is -0.355 e. The third-order valence-corrected chi connectivity index (χ3v) is 6.49. The molecule has 2 aliphatic rings. The van der Waals surface area contributed by atoms with Crippen LogP contribution in [0.2, 0.25) is 0 Å². The van der Waals surface area contributed by atoms with Crippen molar-refractivity contribution in [2.45, 2.75) is 78.7 Å². The summed E-state index contributed by atoms with van der Waals surface area (Å²) >= 11 is 0. The van der Waals surface area contributed by atoms with Crippen LogP contribution in [0, 0.1) is 17.8 Å². The van der Waals surface area contributed by atoms with Gasteiger partial charge in [-0.05, 0) is 43.9 Å². The van der Waals surface area contributed by atoms with Crippen molar-refractivity contribution in [2.75, 3.05) is 32.7 Å². The Kier molecular flexibility index (Phi) is 9.07. The molecule has 1 saturated heterocycles. The smallest absolute Gasteiger partial charge is 0.237 e. The third-order valence-electron chi connectivity index (χ3n) is 6.49. The van der Waals surface area contributed by atoms with Crippen LogP contribution in [-0.4, -0.2) is 60.4 Å². The highest BCUT2D eigenvalue weighted by molar-refractivity contribution is 5.82. The van der Waals surface area contributed by atoms with E-state index in [9.17, 15) is 9.59 Å². The topological polar surface area (TPSA) is 52.7 Å². The van der Waals surface area contributed by atoms with Crippen LogP contribution in [0.1, 0.15) is 72.6 Å². The van der Waals surface area contributed by atoms with Crippen molar-refractivity contribution in [1.82, 2.24) is 15.1 Å². The molecule has 0 aromatic carbocycles. The molecule has 2 amide bonds. The molecule has 5 heteroatoms. The highest BCUT2D eigenvalue weighted by Crippen LogP contribution is 2.31. The summed E-state index contributed by atoms with van der Waals surface area (Å²) in [4.78, 5) is 30.0. The number of rotatable bonds is 9. The van der Waals surface area contributed by atoms with Gasteiger partial charge in [0.05, 0.1) is 6.04 Å². The van der Waals surface area contributed by atoms with Crippen LogP contribution in [0.15, 0.2) is 0 Å². The van der Waals surface area contributed by atoms with Gasteiger partial charge in [0, 0.05) is 38.6 Å². The van der Waals surface area contributed by atoms with Crippen molar-refractivity contribution < 1.29 is 9.59 Å². The van der Waals surface area contributed by atoms with E-state index in [0.717, 1.165) is 64.8 Å². The van der Waals surface area contributed by atoms with Gasteiger partial charge in [-0.1, -0.05) is 40.5 Å². The maximum atomic E-state index is 13.0. The molecule has 0 spiro atoms. The lowest BCUT2D eigenvalue weighted by atomic mass is 9.94. The number of carbonyl (C=O) groups is 2. The summed E-state index contributed by atoms with van der Waals surface area (Å²) in [7, 11) is 0. The van der Waals surface area contributed by atoms with Crippen molar-refractivity contribution in [2.24, 2.45) is 17.8 Å². The van der Waals surface area contributed by atoms with Crippen molar-refractivity contribution in [3.05, 3.63) is 0 Å². The van der Waals surface area contributed by atoms with E-state index >= 15 is 0 Å². The number of carbonyl (C=O) groups excluding carboxylic acids is 2. The van der Waals surface area contributed by atoms with Crippen LogP contribution in [0.5, 0.6) is 0 Å². The molecule has 2 fully saturated rings. The number of piperazine rings is 1. The standard InChI is InChI=1S/C22H41N3O2/c1-5-18(6-2)22(27)25-15-13-24(14-16-25)20(19-9-7-8-10-19)21(26)23-12-11-17(3)4/h17-20H,5-16H2,1-4H3,(H,23,26). The van der Waals surface area contributed by atoms with E-state index in [2.05, 4.69) is 37.9 Å². The first-order chi connectivity index (χ1) is 13.0. The zero-order valence-corrected chi connectivity index (χ0v) is 18.0. The number of nitrogens with one attached hydrogen (secondary N) is 1. The van der Waals surface area contributed by atoms with Crippen molar-refractivity contribution >= 4 is 11.8 Å². The summed E-state index contributed by atoms with van der Waals surface area (Å²) in [6, 6.07) is -0.00920. The van der Waals surface area contributed by atoms with Crippen LogP contribution in [0.25, 0.3) is 0 Å². The van der Waals surface area contributed by atoms with Gasteiger partial charge in [-0.15, -0.1) is 0 Å². The Bertz CT molecular complexity index is 462. The Morgan fingerprint density at radius 3 is 2.11 bits per heavy atom. The molecule has 1 unspecified atom stereocenters. The summed E-state index contributed by atoms with van der Waals surface area (Å²) in [6.07, 6.45) is 7.67. The second kappa shape index (κ2) is 11.0. The lowest BCUT2D eigenvalue weighted by Crippen LogP contribution is -2.58. The van der Waals surface area contributed by atoms with Gasteiger partial charge in [0.2, 0.25) is 11.8 Å². The number of hydrogen-bond donors (Lipinski definition) is 1. The summed E-state index contributed by atoms with van der Waals surface area (Å²) < 4.78 is 0. The second-order valence-corrected chi connectivity index (χ2v) is 8.84. The van der Waals surface area contributed by atoms with Crippen LogP contribution in [-0.2, 0) is 9.59 Å². The van der Waals surface area contributed by atoms with Gasteiger partial charge >= 0.3 is 0 Å². The molecule has 0 bridgehead atoms. The van der Waals surface area contributed by atoms with Gasteiger partial charge < -0.3 is 10.2 Å². The fraction of sp³-hybridized carbons (Fsp3) is 0.909. The fourth-order valence-electron chi connectivity index (χ4n) is 4.66.